The molecule has 2 aromatic carbocycles. The van der Waals surface area contributed by atoms with Crippen molar-refractivity contribution in [1.82, 2.24) is 0 Å². The third-order valence-electron chi connectivity index (χ3n) is 5.02. The molecule has 0 radical (unpaired) electrons. The first-order chi connectivity index (χ1) is 12.0. The van der Waals surface area contributed by atoms with Gasteiger partial charge in [-0.2, -0.15) is 8.42 Å². The van der Waals surface area contributed by atoms with Crippen LogP contribution in [0.25, 0.3) is 0 Å². The Labute approximate surface area is 149 Å². The van der Waals surface area contributed by atoms with E-state index in [2.05, 4.69) is 0 Å². The normalized spacial score (nSPS) is 18.2. The highest BCUT2D eigenvalue weighted by Gasteiger charge is 2.41. The molecular formula is C20H24O4S. The van der Waals surface area contributed by atoms with Gasteiger partial charge < -0.3 is 5.11 Å². The van der Waals surface area contributed by atoms with E-state index >= 15 is 0 Å². The second-order valence-electron chi connectivity index (χ2n) is 6.50. The Bertz CT molecular complexity index is 793. The molecule has 0 saturated heterocycles. The van der Waals surface area contributed by atoms with Crippen LogP contribution in [0.2, 0.25) is 0 Å². The van der Waals surface area contributed by atoms with Gasteiger partial charge in [-0.25, -0.2) is 0 Å². The first kappa shape index (κ1) is 18.1. The monoisotopic (exact) mass is 360 g/mol. The molecular weight excluding hydrogens is 336 g/mol. The van der Waals surface area contributed by atoms with E-state index in [-0.39, 0.29) is 17.4 Å². The average molecular weight is 360 g/mol. The fourth-order valence-corrected chi connectivity index (χ4v) is 4.69. The lowest BCUT2D eigenvalue weighted by Crippen LogP contribution is -2.35. The van der Waals surface area contributed by atoms with Gasteiger partial charge >= 0.3 is 0 Å². The van der Waals surface area contributed by atoms with Crippen molar-refractivity contribution in [3.8, 4) is 0 Å². The summed E-state index contributed by atoms with van der Waals surface area (Å²) in [4.78, 5) is 0.111. The van der Waals surface area contributed by atoms with Gasteiger partial charge in [-0.05, 0) is 48.9 Å². The minimum Gasteiger partial charge on any atom is -0.380 e. The molecule has 1 N–H and O–H groups in total. The zero-order valence-electron chi connectivity index (χ0n) is 14.4. The molecule has 1 fully saturated rings. The van der Waals surface area contributed by atoms with E-state index in [1.54, 1.807) is 19.1 Å². The van der Waals surface area contributed by atoms with E-state index in [0.717, 1.165) is 36.8 Å². The second kappa shape index (κ2) is 7.28. The number of benzene rings is 2. The fourth-order valence-electron chi connectivity index (χ4n) is 3.77. The lowest BCUT2D eigenvalue weighted by molar-refractivity contribution is 0.0188. The predicted molar refractivity (Wildman–Crippen MR) is 96.7 cm³/mol. The molecule has 1 atom stereocenters. The maximum absolute atomic E-state index is 12.0. The van der Waals surface area contributed by atoms with Gasteiger partial charge in [0.2, 0.25) is 0 Å². The zero-order valence-corrected chi connectivity index (χ0v) is 15.2. The van der Waals surface area contributed by atoms with Crippen molar-refractivity contribution in [2.24, 2.45) is 5.92 Å². The molecule has 134 valence electrons. The molecule has 5 heteroatoms. The summed E-state index contributed by atoms with van der Waals surface area (Å²) in [6.45, 7) is 1.74. The molecule has 1 aliphatic carbocycles. The van der Waals surface area contributed by atoms with Crippen molar-refractivity contribution in [2.45, 2.75) is 43.1 Å². The highest BCUT2D eigenvalue weighted by atomic mass is 32.2. The highest BCUT2D eigenvalue weighted by molar-refractivity contribution is 7.86. The Kier molecular flexibility index (Phi) is 5.27. The molecule has 1 aliphatic rings. The summed E-state index contributed by atoms with van der Waals surface area (Å²) in [5.41, 5.74) is 0.467. The first-order valence-electron chi connectivity index (χ1n) is 8.76. The SMILES string of the molecule is CCOS(=O)(=O)c1ccc([C@](O)(c2ccccc2)C2CCCC2)cc1. The van der Waals surface area contributed by atoms with Crippen molar-refractivity contribution in [2.75, 3.05) is 6.61 Å². The molecule has 2 aromatic rings. The summed E-state index contributed by atoms with van der Waals surface area (Å²) in [7, 11) is -3.74. The largest absolute Gasteiger partial charge is 0.380 e. The van der Waals surface area contributed by atoms with Gasteiger partial charge in [0, 0.05) is 0 Å². The summed E-state index contributed by atoms with van der Waals surface area (Å²) in [5.74, 6) is 0.129. The molecule has 3 rings (SSSR count). The Morgan fingerprint density at radius 3 is 2.12 bits per heavy atom. The van der Waals surface area contributed by atoms with Crippen LogP contribution in [-0.4, -0.2) is 20.1 Å². The van der Waals surface area contributed by atoms with E-state index in [1.165, 1.54) is 12.1 Å². The third-order valence-corrected chi connectivity index (χ3v) is 6.41. The summed E-state index contributed by atoms with van der Waals surface area (Å²) in [5, 5.41) is 11.7. The molecule has 0 heterocycles. The van der Waals surface area contributed by atoms with Crippen LogP contribution in [0, 0.1) is 5.92 Å². The van der Waals surface area contributed by atoms with Crippen LogP contribution in [-0.2, 0) is 19.9 Å². The quantitative estimate of drug-likeness (QED) is 0.795. The van der Waals surface area contributed by atoms with Gasteiger partial charge in [0.1, 0.15) is 5.60 Å². The minimum absolute atomic E-state index is 0.0973. The number of aliphatic hydroxyl groups is 1. The van der Waals surface area contributed by atoms with E-state index in [9.17, 15) is 13.5 Å². The Morgan fingerprint density at radius 2 is 1.56 bits per heavy atom. The summed E-state index contributed by atoms with van der Waals surface area (Å²) < 4.78 is 28.9. The van der Waals surface area contributed by atoms with Crippen LogP contribution in [0.1, 0.15) is 43.7 Å². The molecule has 0 aliphatic heterocycles. The molecule has 0 unspecified atom stereocenters. The van der Waals surface area contributed by atoms with Gasteiger partial charge in [0.25, 0.3) is 10.1 Å². The molecule has 0 amide bonds. The van der Waals surface area contributed by atoms with Crippen molar-refractivity contribution in [3.63, 3.8) is 0 Å². The fraction of sp³-hybridized carbons (Fsp3) is 0.400. The summed E-state index contributed by atoms with van der Waals surface area (Å²) >= 11 is 0. The lowest BCUT2D eigenvalue weighted by Gasteiger charge is -2.35. The average Bonchev–Trinajstić information content (AvgIpc) is 3.17. The van der Waals surface area contributed by atoms with Crippen LogP contribution >= 0.6 is 0 Å². The molecule has 1 saturated carbocycles. The topological polar surface area (TPSA) is 63.6 Å². The van der Waals surface area contributed by atoms with E-state index in [1.807, 2.05) is 30.3 Å². The Hall–Kier alpha value is -1.69. The summed E-state index contributed by atoms with van der Waals surface area (Å²) in [6, 6.07) is 16.1. The lowest BCUT2D eigenvalue weighted by atomic mass is 9.75. The van der Waals surface area contributed by atoms with E-state index in [0.29, 0.717) is 0 Å². The van der Waals surface area contributed by atoms with Crippen LogP contribution in [0.4, 0.5) is 0 Å². The third kappa shape index (κ3) is 3.50. The highest BCUT2D eigenvalue weighted by Crippen LogP contribution is 2.45. The maximum atomic E-state index is 12.0. The van der Waals surface area contributed by atoms with Crippen molar-refractivity contribution in [3.05, 3.63) is 65.7 Å². The van der Waals surface area contributed by atoms with Crippen molar-refractivity contribution < 1.29 is 17.7 Å². The molecule has 0 spiro atoms. The number of rotatable bonds is 6. The van der Waals surface area contributed by atoms with Crippen LogP contribution in [0.5, 0.6) is 0 Å². The zero-order chi connectivity index (χ0) is 17.9. The standard InChI is InChI=1S/C20H24O4S/c1-2-24-25(22,23)19-14-12-18(13-15-19)20(21,17-10-6-7-11-17)16-8-4-3-5-9-16/h3-5,8-9,12-15,17,21H,2,6-7,10-11H2,1H3/t20-/m0/s1. The molecule has 25 heavy (non-hydrogen) atoms. The van der Waals surface area contributed by atoms with Gasteiger partial charge in [-0.15, -0.1) is 0 Å². The molecule has 0 aromatic heterocycles. The maximum Gasteiger partial charge on any atom is 0.296 e. The number of hydrogen-bond donors (Lipinski definition) is 1. The summed E-state index contributed by atoms with van der Waals surface area (Å²) in [6.07, 6.45) is 4.14. The molecule has 0 bridgehead atoms. The smallest absolute Gasteiger partial charge is 0.296 e. The van der Waals surface area contributed by atoms with Crippen LogP contribution in [0.3, 0.4) is 0 Å². The second-order valence-corrected chi connectivity index (χ2v) is 8.11. The molecule has 4 nitrogen and oxygen atoms in total. The first-order valence-corrected chi connectivity index (χ1v) is 10.2. The van der Waals surface area contributed by atoms with Gasteiger partial charge in [-0.1, -0.05) is 55.3 Å². The van der Waals surface area contributed by atoms with Gasteiger partial charge in [0.15, 0.2) is 0 Å². The van der Waals surface area contributed by atoms with E-state index in [4.69, 9.17) is 4.18 Å². The van der Waals surface area contributed by atoms with Crippen LogP contribution in [0.15, 0.2) is 59.5 Å². The van der Waals surface area contributed by atoms with Gasteiger partial charge in [0.05, 0.1) is 11.5 Å². The minimum atomic E-state index is -3.74. The number of hydrogen-bond acceptors (Lipinski definition) is 4. The Balaban J connectivity index is 2.03. The van der Waals surface area contributed by atoms with Crippen molar-refractivity contribution >= 4 is 10.1 Å². The van der Waals surface area contributed by atoms with Gasteiger partial charge in [-0.3, -0.25) is 4.18 Å². The van der Waals surface area contributed by atoms with Crippen LogP contribution < -0.4 is 0 Å². The Morgan fingerprint density at radius 1 is 1.00 bits per heavy atom. The van der Waals surface area contributed by atoms with Crippen molar-refractivity contribution in [1.29, 1.82) is 0 Å². The van der Waals surface area contributed by atoms with E-state index < -0.39 is 15.7 Å². The predicted octanol–water partition coefficient (Wildman–Crippen LogP) is 3.84.